The maximum Gasteiger partial charge on any atom is 0.0918 e. The van der Waals surface area contributed by atoms with Crippen LogP contribution in [0.1, 0.15) is 50.3 Å². The highest BCUT2D eigenvalue weighted by Gasteiger charge is 2.27. The van der Waals surface area contributed by atoms with Gasteiger partial charge in [-0.2, -0.15) is 0 Å². The number of aryl methyl sites for hydroxylation is 1. The van der Waals surface area contributed by atoms with E-state index in [1.54, 1.807) is 0 Å². The monoisotopic (exact) mass is 372 g/mol. The van der Waals surface area contributed by atoms with Crippen LogP contribution >= 0.6 is 22.6 Å². The molecule has 1 fully saturated rings. The maximum absolute atomic E-state index is 6.39. The minimum atomic E-state index is 0.256. The first-order valence-electron chi connectivity index (χ1n) is 7.38. The van der Waals surface area contributed by atoms with Crippen LogP contribution in [0, 0.1) is 18.8 Å². The molecule has 4 atom stereocenters. The lowest BCUT2D eigenvalue weighted by Crippen LogP contribution is -2.28. The van der Waals surface area contributed by atoms with Crippen molar-refractivity contribution in [3.8, 4) is 0 Å². The fourth-order valence-corrected chi connectivity index (χ4v) is 3.64. The molecule has 0 aliphatic heterocycles. The van der Waals surface area contributed by atoms with Crippen molar-refractivity contribution in [3.05, 3.63) is 35.4 Å². The topological polar surface area (TPSA) is 9.23 Å². The zero-order valence-electron chi connectivity index (χ0n) is 12.2. The van der Waals surface area contributed by atoms with Gasteiger partial charge in [0.15, 0.2) is 0 Å². The van der Waals surface area contributed by atoms with Crippen LogP contribution in [0.4, 0.5) is 0 Å². The van der Waals surface area contributed by atoms with Gasteiger partial charge in [-0.1, -0.05) is 66.3 Å². The third-order valence-electron chi connectivity index (χ3n) is 4.46. The Hall–Kier alpha value is -0.0900. The van der Waals surface area contributed by atoms with Crippen LogP contribution in [0.3, 0.4) is 0 Å². The number of benzene rings is 1. The minimum absolute atomic E-state index is 0.256. The third kappa shape index (κ3) is 4.19. The highest BCUT2D eigenvalue weighted by molar-refractivity contribution is 14.1. The fourth-order valence-electron chi connectivity index (χ4n) is 2.93. The van der Waals surface area contributed by atoms with E-state index >= 15 is 0 Å². The lowest BCUT2D eigenvalue weighted by molar-refractivity contribution is -0.0377. The lowest BCUT2D eigenvalue weighted by Gasteiger charge is -2.34. The highest BCUT2D eigenvalue weighted by Crippen LogP contribution is 2.34. The van der Waals surface area contributed by atoms with Gasteiger partial charge in [0.05, 0.1) is 12.2 Å². The second kappa shape index (κ2) is 7.07. The van der Waals surface area contributed by atoms with E-state index in [0.29, 0.717) is 6.10 Å². The second-order valence-corrected chi connectivity index (χ2v) is 6.96. The second-order valence-electron chi connectivity index (χ2n) is 6.08. The predicted molar refractivity (Wildman–Crippen MR) is 89.9 cm³/mol. The Morgan fingerprint density at radius 2 is 2.05 bits per heavy atom. The molecule has 0 spiro atoms. The molecule has 0 N–H and O–H groups in total. The van der Waals surface area contributed by atoms with Crippen molar-refractivity contribution >= 4 is 22.6 Å². The van der Waals surface area contributed by atoms with Crippen molar-refractivity contribution in [3.63, 3.8) is 0 Å². The summed E-state index contributed by atoms with van der Waals surface area (Å²) in [4.78, 5) is 0. The van der Waals surface area contributed by atoms with E-state index in [-0.39, 0.29) is 6.10 Å². The Balaban J connectivity index is 1.99. The minimum Gasteiger partial charge on any atom is -0.369 e. The van der Waals surface area contributed by atoms with Gasteiger partial charge in [0, 0.05) is 4.43 Å². The van der Waals surface area contributed by atoms with Gasteiger partial charge in [0.2, 0.25) is 0 Å². The van der Waals surface area contributed by atoms with Crippen LogP contribution in [-0.4, -0.2) is 10.5 Å². The fraction of sp³-hybridized carbons (Fsp3) is 0.647. The number of ether oxygens (including phenoxy) is 1. The quantitative estimate of drug-likeness (QED) is 0.514. The maximum atomic E-state index is 6.39. The highest BCUT2D eigenvalue weighted by atomic mass is 127. The van der Waals surface area contributed by atoms with Gasteiger partial charge >= 0.3 is 0 Å². The van der Waals surface area contributed by atoms with Crippen molar-refractivity contribution in [1.82, 2.24) is 0 Å². The van der Waals surface area contributed by atoms with Gasteiger partial charge in [-0.15, -0.1) is 0 Å². The van der Waals surface area contributed by atoms with Crippen LogP contribution in [0.2, 0.25) is 0 Å². The van der Waals surface area contributed by atoms with Crippen molar-refractivity contribution in [2.75, 3.05) is 4.43 Å². The molecule has 1 aliphatic carbocycles. The number of hydrogen-bond donors (Lipinski definition) is 0. The summed E-state index contributed by atoms with van der Waals surface area (Å²) < 4.78 is 7.42. The molecule has 1 aliphatic rings. The van der Waals surface area contributed by atoms with Gasteiger partial charge in [0.25, 0.3) is 0 Å². The van der Waals surface area contributed by atoms with E-state index in [4.69, 9.17) is 4.74 Å². The van der Waals surface area contributed by atoms with Gasteiger partial charge in [-0.3, -0.25) is 0 Å². The molecule has 19 heavy (non-hydrogen) atoms. The average molecular weight is 372 g/mol. The number of alkyl halides is 1. The first-order chi connectivity index (χ1) is 9.10. The van der Waals surface area contributed by atoms with Crippen molar-refractivity contribution in [2.45, 2.75) is 52.2 Å². The Kier molecular flexibility index (Phi) is 5.70. The van der Waals surface area contributed by atoms with Crippen molar-refractivity contribution in [2.24, 2.45) is 11.8 Å². The van der Waals surface area contributed by atoms with Crippen molar-refractivity contribution < 1.29 is 4.74 Å². The molecule has 0 aromatic heterocycles. The smallest absolute Gasteiger partial charge is 0.0918 e. The van der Waals surface area contributed by atoms with Gasteiger partial charge in [-0.25, -0.2) is 0 Å². The molecule has 0 saturated heterocycles. The zero-order valence-corrected chi connectivity index (χ0v) is 14.4. The van der Waals surface area contributed by atoms with Crippen LogP contribution in [0.15, 0.2) is 24.3 Å². The first kappa shape index (κ1) is 15.3. The summed E-state index contributed by atoms with van der Waals surface area (Å²) in [5.74, 6) is 1.66. The summed E-state index contributed by atoms with van der Waals surface area (Å²) >= 11 is 2.45. The molecule has 2 heteroatoms. The predicted octanol–water partition coefficient (Wildman–Crippen LogP) is 5.31. The summed E-state index contributed by atoms with van der Waals surface area (Å²) in [6, 6.07) is 8.75. The molecule has 0 radical (unpaired) electrons. The summed E-state index contributed by atoms with van der Waals surface area (Å²) in [5, 5.41) is 0. The molecule has 0 heterocycles. The summed E-state index contributed by atoms with van der Waals surface area (Å²) in [7, 11) is 0. The van der Waals surface area contributed by atoms with Crippen LogP contribution in [0.25, 0.3) is 0 Å². The normalized spacial score (nSPS) is 29.2. The summed E-state index contributed by atoms with van der Waals surface area (Å²) in [5.41, 5.74) is 2.65. The van der Waals surface area contributed by atoms with E-state index in [9.17, 15) is 0 Å². The van der Waals surface area contributed by atoms with Gasteiger partial charge < -0.3 is 4.74 Å². The Labute approximate surface area is 131 Å². The van der Waals surface area contributed by atoms with Crippen molar-refractivity contribution in [1.29, 1.82) is 0 Å². The standard InChI is InChI=1S/C17H25IO/c1-12-5-4-6-15(9-12)17(11-18)19-16-8-7-13(2)14(3)10-16/h4-6,9,13-14,16-17H,7-8,10-11H2,1-3H3. The third-order valence-corrected chi connectivity index (χ3v) is 5.26. The van der Waals surface area contributed by atoms with Crippen LogP contribution in [0.5, 0.6) is 0 Å². The Morgan fingerprint density at radius 1 is 1.26 bits per heavy atom. The molecule has 4 unspecified atom stereocenters. The molecule has 1 aromatic rings. The lowest BCUT2D eigenvalue weighted by atomic mass is 9.80. The van der Waals surface area contributed by atoms with Crippen LogP contribution < -0.4 is 0 Å². The summed E-state index contributed by atoms with van der Waals surface area (Å²) in [6.07, 6.45) is 4.47. The number of hydrogen-bond acceptors (Lipinski definition) is 1. The molecule has 1 aromatic carbocycles. The molecule has 106 valence electrons. The Morgan fingerprint density at radius 3 is 2.68 bits per heavy atom. The number of rotatable bonds is 4. The van der Waals surface area contributed by atoms with Gasteiger partial charge in [-0.05, 0) is 43.6 Å². The van der Waals surface area contributed by atoms with E-state index in [1.165, 1.54) is 30.4 Å². The van der Waals surface area contributed by atoms with Gasteiger partial charge in [0.1, 0.15) is 0 Å². The molecular weight excluding hydrogens is 347 g/mol. The number of halogens is 1. The zero-order chi connectivity index (χ0) is 13.8. The molecule has 1 nitrogen and oxygen atoms in total. The Bertz CT molecular complexity index is 404. The molecule has 0 bridgehead atoms. The van der Waals surface area contributed by atoms with E-state index in [2.05, 4.69) is 67.6 Å². The molecule has 1 saturated carbocycles. The molecular formula is C17H25IO. The first-order valence-corrected chi connectivity index (χ1v) is 8.90. The van der Waals surface area contributed by atoms with E-state index in [1.807, 2.05) is 0 Å². The van der Waals surface area contributed by atoms with Crippen LogP contribution in [-0.2, 0) is 4.74 Å². The van der Waals surface area contributed by atoms with E-state index in [0.717, 1.165) is 16.3 Å². The summed E-state index contributed by atoms with van der Waals surface area (Å²) in [6.45, 7) is 6.89. The van der Waals surface area contributed by atoms with E-state index < -0.39 is 0 Å². The molecule has 2 rings (SSSR count). The molecule has 0 amide bonds. The largest absolute Gasteiger partial charge is 0.369 e. The average Bonchev–Trinajstić information content (AvgIpc) is 2.40. The SMILES string of the molecule is Cc1cccc(C(CI)OC2CCC(C)C(C)C2)c1.